The van der Waals surface area contributed by atoms with Crippen LogP contribution in [-0.4, -0.2) is 47.0 Å². The summed E-state index contributed by atoms with van der Waals surface area (Å²) in [5, 5.41) is 6.02. The molecule has 0 spiro atoms. The topological polar surface area (TPSA) is 87.7 Å². The second kappa shape index (κ2) is 17.3. The standard InChI is InChI=1S/C33H57N3O4/c1-11-13-14-15-16-21-36(31(38)28(22-23(3)4)35-32(39)40-33(8,9)10)29(30(37)34-25(6)18-12-2)27-20-17-19-24(5)26(27)7/h17,19-20,23,25,28-29H,11-16,18,21-22H2,1-10H3,(H,34,37)(H,35,39). The molecule has 1 aromatic rings. The summed E-state index contributed by atoms with van der Waals surface area (Å²) in [6.45, 7) is 20.2. The van der Waals surface area contributed by atoms with Gasteiger partial charge in [0, 0.05) is 12.6 Å². The van der Waals surface area contributed by atoms with Gasteiger partial charge in [0.05, 0.1) is 0 Å². The highest BCUT2D eigenvalue weighted by atomic mass is 16.6. The summed E-state index contributed by atoms with van der Waals surface area (Å²) < 4.78 is 5.51. The van der Waals surface area contributed by atoms with Crippen molar-refractivity contribution in [3.63, 3.8) is 0 Å². The van der Waals surface area contributed by atoms with E-state index in [-0.39, 0.29) is 23.8 Å². The summed E-state index contributed by atoms with van der Waals surface area (Å²) >= 11 is 0. The zero-order valence-electron chi connectivity index (χ0n) is 27.0. The van der Waals surface area contributed by atoms with Crippen molar-refractivity contribution in [2.75, 3.05) is 6.54 Å². The van der Waals surface area contributed by atoms with Gasteiger partial charge in [-0.05, 0) is 83.4 Å². The number of unbranched alkanes of at least 4 members (excludes halogenated alkanes) is 4. The van der Waals surface area contributed by atoms with Gasteiger partial charge in [-0.25, -0.2) is 4.79 Å². The fourth-order valence-corrected chi connectivity index (χ4v) is 4.94. The predicted octanol–water partition coefficient (Wildman–Crippen LogP) is 7.39. The third-order valence-corrected chi connectivity index (χ3v) is 7.09. The van der Waals surface area contributed by atoms with Gasteiger partial charge in [0.25, 0.3) is 0 Å². The SMILES string of the molecule is CCCCCCCN(C(=O)C(CC(C)C)NC(=O)OC(C)(C)C)C(C(=O)NC(C)CCC)c1cccc(C)c1C. The molecule has 2 N–H and O–H groups in total. The van der Waals surface area contributed by atoms with Crippen LogP contribution in [0.1, 0.15) is 129 Å². The summed E-state index contributed by atoms with van der Waals surface area (Å²) in [5.41, 5.74) is 2.20. The van der Waals surface area contributed by atoms with E-state index >= 15 is 0 Å². The van der Waals surface area contributed by atoms with Crippen LogP contribution in [0.5, 0.6) is 0 Å². The first-order valence-electron chi connectivity index (χ1n) is 15.4. The summed E-state index contributed by atoms with van der Waals surface area (Å²) in [6, 6.07) is 4.30. The zero-order chi connectivity index (χ0) is 30.5. The molecule has 3 unspecified atom stereocenters. The molecule has 3 atom stereocenters. The van der Waals surface area contributed by atoms with Crippen molar-refractivity contribution in [3.05, 3.63) is 34.9 Å². The van der Waals surface area contributed by atoms with E-state index in [0.29, 0.717) is 13.0 Å². The van der Waals surface area contributed by atoms with Crippen LogP contribution in [0.4, 0.5) is 4.79 Å². The minimum Gasteiger partial charge on any atom is -0.444 e. The highest BCUT2D eigenvalue weighted by molar-refractivity contribution is 5.92. The Balaban J connectivity index is 3.58. The number of hydrogen-bond acceptors (Lipinski definition) is 4. The van der Waals surface area contributed by atoms with E-state index in [9.17, 15) is 14.4 Å². The van der Waals surface area contributed by atoms with E-state index in [1.54, 1.807) is 25.7 Å². The average molecular weight is 560 g/mol. The minimum absolute atomic E-state index is 0.0158. The van der Waals surface area contributed by atoms with Crippen molar-refractivity contribution in [2.45, 2.75) is 144 Å². The third kappa shape index (κ3) is 12.3. The second-order valence-electron chi connectivity index (χ2n) is 12.7. The van der Waals surface area contributed by atoms with Gasteiger partial charge in [-0.15, -0.1) is 0 Å². The monoisotopic (exact) mass is 559 g/mol. The van der Waals surface area contributed by atoms with Crippen LogP contribution in [0.3, 0.4) is 0 Å². The second-order valence-corrected chi connectivity index (χ2v) is 12.7. The largest absolute Gasteiger partial charge is 0.444 e. The molecule has 40 heavy (non-hydrogen) atoms. The lowest BCUT2D eigenvalue weighted by Crippen LogP contribution is -2.54. The molecule has 0 aliphatic carbocycles. The number of nitrogens with one attached hydrogen (secondary N) is 2. The van der Waals surface area contributed by atoms with Crippen molar-refractivity contribution in [3.8, 4) is 0 Å². The first kappa shape index (κ1) is 35.5. The maximum absolute atomic E-state index is 14.4. The fraction of sp³-hybridized carbons (Fsp3) is 0.727. The summed E-state index contributed by atoms with van der Waals surface area (Å²) in [6.07, 6.45) is 6.72. The molecule has 1 aromatic carbocycles. The lowest BCUT2D eigenvalue weighted by atomic mass is 9.93. The van der Waals surface area contributed by atoms with Gasteiger partial charge < -0.3 is 20.3 Å². The zero-order valence-corrected chi connectivity index (χ0v) is 27.0. The Morgan fingerprint density at radius 1 is 0.925 bits per heavy atom. The maximum Gasteiger partial charge on any atom is 0.408 e. The van der Waals surface area contributed by atoms with Crippen molar-refractivity contribution in [2.24, 2.45) is 5.92 Å². The highest BCUT2D eigenvalue weighted by Crippen LogP contribution is 2.29. The van der Waals surface area contributed by atoms with E-state index in [1.165, 1.54) is 0 Å². The summed E-state index contributed by atoms with van der Waals surface area (Å²) in [7, 11) is 0. The van der Waals surface area contributed by atoms with Gasteiger partial charge in [-0.2, -0.15) is 0 Å². The van der Waals surface area contributed by atoms with Crippen molar-refractivity contribution >= 4 is 17.9 Å². The van der Waals surface area contributed by atoms with Gasteiger partial charge in [0.1, 0.15) is 17.7 Å². The van der Waals surface area contributed by atoms with Crippen molar-refractivity contribution in [1.82, 2.24) is 15.5 Å². The molecule has 3 amide bonds. The average Bonchev–Trinajstić information content (AvgIpc) is 2.83. The van der Waals surface area contributed by atoms with Crippen LogP contribution in [0.25, 0.3) is 0 Å². The van der Waals surface area contributed by atoms with Crippen LogP contribution >= 0.6 is 0 Å². The molecule has 228 valence electrons. The number of amides is 3. The molecular weight excluding hydrogens is 502 g/mol. The smallest absolute Gasteiger partial charge is 0.408 e. The Bertz CT molecular complexity index is 938. The molecule has 0 aliphatic heterocycles. The Morgan fingerprint density at radius 2 is 1.57 bits per heavy atom. The molecular formula is C33H57N3O4. The number of ether oxygens (including phenoxy) is 1. The Morgan fingerprint density at radius 3 is 2.15 bits per heavy atom. The number of carbonyl (C=O) groups excluding carboxylic acids is 3. The number of rotatable bonds is 16. The first-order chi connectivity index (χ1) is 18.7. The van der Waals surface area contributed by atoms with E-state index in [2.05, 4.69) is 24.5 Å². The van der Waals surface area contributed by atoms with Crippen molar-refractivity contribution < 1.29 is 19.1 Å². The molecule has 0 saturated carbocycles. The Hall–Kier alpha value is -2.57. The van der Waals surface area contributed by atoms with Gasteiger partial charge in [0.2, 0.25) is 11.8 Å². The molecule has 0 aromatic heterocycles. The Labute approximate surface area is 244 Å². The van der Waals surface area contributed by atoms with Crippen LogP contribution in [0.2, 0.25) is 0 Å². The molecule has 0 bridgehead atoms. The van der Waals surface area contributed by atoms with E-state index in [0.717, 1.165) is 61.6 Å². The number of carbonyl (C=O) groups is 3. The third-order valence-electron chi connectivity index (χ3n) is 7.09. The van der Waals surface area contributed by atoms with E-state index < -0.39 is 23.8 Å². The molecule has 0 heterocycles. The lowest BCUT2D eigenvalue weighted by Gasteiger charge is -2.36. The van der Waals surface area contributed by atoms with Crippen LogP contribution in [0.15, 0.2) is 18.2 Å². The van der Waals surface area contributed by atoms with Gasteiger partial charge in [-0.3, -0.25) is 9.59 Å². The van der Waals surface area contributed by atoms with Gasteiger partial charge in [-0.1, -0.05) is 78.0 Å². The van der Waals surface area contributed by atoms with Crippen LogP contribution in [-0.2, 0) is 14.3 Å². The van der Waals surface area contributed by atoms with Gasteiger partial charge in [0.15, 0.2) is 0 Å². The minimum atomic E-state index is -0.807. The number of hydrogen-bond donors (Lipinski definition) is 2. The number of nitrogens with zero attached hydrogens (tertiary/aromatic N) is 1. The maximum atomic E-state index is 14.4. The van der Waals surface area contributed by atoms with E-state index in [1.807, 2.05) is 52.8 Å². The predicted molar refractivity (Wildman–Crippen MR) is 164 cm³/mol. The fourth-order valence-electron chi connectivity index (χ4n) is 4.94. The molecule has 1 rings (SSSR count). The lowest BCUT2D eigenvalue weighted by molar-refractivity contribution is -0.143. The molecule has 0 saturated heterocycles. The van der Waals surface area contributed by atoms with Crippen molar-refractivity contribution in [1.29, 1.82) is 0 Å². The molecule has 7 heteroatoms. The quantitative estimate of drug-likeness (QED) is 0.207. The molecule has 0 fully saturated rings. The number of alkyl carbamates (subject to hydrolysis) is 1. The summed E-state index contributed by atoms with van der Waals surface area (Å²) in [4.78, 5) is 42.9. The van der Waals surface area contributed by atoms with E-state index in [4.69, 9.17) is 4.74 Å². The Kier molecular flexibility index (Phi) is 15.3. The van der Waals surface area contributed by atoms with Crippen LogP contribution < -0.4 is 10.6 Å². The molecule has 0 aliphatic rings. The van der Waals surface area contributed by atoms with Crippen LogP contribution in [0, 0.1) is 19.8 Å². The number of aryl methyl sites for hydroxylation is 1. The molecule has 7 nitrogen and oxygen atoms in total. The van der Waals surface area contributed by atoms with Gasteiger partial charge >= 0.3 is 6.09 Å². The molecule has 0 radical (unpaired) electrons. The number of benzene rings is 1. The summed E-state index contributed by atoms with van der Waals surface area (Å²) in [5.74, 6) is -0.288. The normalized spacial score (nSPS) is 13.9. The first-order valence-corrected chi connectivity index (χ1v) is 15.4. The highest BCUT2D eigenvalue weighted by Gasteiger charge is 2.37.